The molecule has 298 valence electrons. The van der Waals surface area contributed by atoms with Crippen molar-refractivity contribution in [2.24, 2.45) is 28.7 Å². The summed E-state index contributed by atoms with van der Waals surface area (Å²) in [6.45, 7) is 7.33. The van der Waals surface area contributed by atoms with Crippen LogP contribution in [0.15, 0.2) is 53.6 Å². The molecule has 0 spiro atoms. The van der Waals surface area contributed by atoms with E-state index in [1.807, 2.05) is 36.1 Å². The number of carbonyl (C=O) groups is 6. The molecule has 7 rings (SSSR count). The quantitative estimate of drug-likeness (QED) is 0.228. The molecule has 13 nitrogen and oxygen atoms in total. The van der Waals surface area contributed by atoms with E-state index in [0.717, 1.165) is 73.5 Å². The summed E-state index contributed by atoms with van der Waals surface area (Å²) >= 11 is 5.45. The number of anilines is 1. The van der Waals surface area contributed by atoms with E-state index in [-0.39, 0.29) is 58.4 Å². The highest BCUT2D eigenvalue weighted by molar-refractivity contribution is 6.64. The number of nitrogens with zero attached hydrogens (tertiary/aromatic N) is 5. The van der Waals surface area contributed by atoms with Crippen LogP contribution >= 0.6 is 11.6 Å². The summed E-state index contributed by atoms with van der Waals surface area (Å²) in [5, 5.41) is 11.5. The van der Waals surface area contributed by atoms with Gasteiger partial charge in [-0.3, -0.25) is 43.6 Å². The molecule has 4 heterocycles. The van der Waals surface area contributed by atoms with E-state index in [2.05, 4.69) is 4.98 Å². The molecule has 5 aliphatic rings. The summed E-state index contributed by atoms with van der Waals surface area (Å²) in [4.78, 5) is 85.2. The first kappa shape index (κ1) is 40.9. The van der Waals surface area contributed by atoms with Crippen LogP contribution in [0, 0.1) is 23.7 Å². The first-order valence-electron chi connectivity index (χ1n) is 19.7. The molecule has 3 N–H and O–H groups in total. The second kappa shape index (κ2) is 17.2. The zero-order valence-corrected chi connectivity index (χ0v) is 33.0. The van der Waals surface area contributed by atoms with Gasteiger partial charge in [-0.1, -0.05) is 18.2 Å². The van der Waals surface area contributed by atoms with Crippen LogP contribution in [0.25, 0.3) is 10.9 Å². The summed E-state index contributed by atoms with van der Waals surface area (Å²) in [6, 6.07) is 7.82. The number of imide groups is 2. The summed E-state index contributed by atoms with van der Waals surface area (Å²) < 4.78 is 0. The van der Waals surface area contributed by atoms with Crippen LogP contribution in [0.2, 0.25) is 0 Å². The Kier molecular flexibility index (Phi) is 12.5. The molecule has 5 amide bonds. The number of pyridine rings is 1. The van der Waals surface area contributed by atoms with Crippen LogP contribution in [0.3, 0.4) is 0 Å². The van der Waals surface area contributed by atoms with Crippen molar-refractivity contribution in [3.8, 4) is 0 Å². The topological polar surface area (TPSA) is 184 Å². The number of amides is 5. The first-order valence-corrected chi connectivity index (χ1v) is 20.0. The summed E-state index contributed by atoms with van der Waals surface area (Å²) in [5.74, 6) is -0.325. The third-order valence-corrected chi connectivity index (χ3v) is 12.0. The van der Waals surface area contributed by atoms with Crippen molar-refractivity contribution in [2.45, 2.75) is 90.1 Å². The molecular weight excluding hydrogens is 736 g/mol. The number of aliphatic hydroxyl groups is 1. The van der Waals surface area contributed by atoms with Gasteiger partial charge in [0.1, 0.15) is 11.5 Å². The third kappa shape index (κ3) is 9.26. The number of aliphatic imine (C=N–C) groups is 1. The van der Waals surface area contributed by atoms with Crippen LogP contribution < -0.4 is 5.73 Å². The van der Waals surface area contributed by atoms with Crippen molar-refractivity contribution in [3.05, 3.63) is 54.1 Å². The van der Waals surface area contributed by atoms with Crippen LogP contribution in [0.5, 0.6) is 0 Å². The molecule has 1 aromatic carbocycles. The standard InChI is InChI=1S/C30H37N5O4.C12H14ClNO3/c1-4-34(29(38)19-11-9-18(10-12-19)16-35-24(36)13-14-25(35)37)17-23-21(15-30(2,3)39)26-20-7-5-6-8-22(20)33-28(31)27(26)32-23;13-12(17)9-3-1-8(2-4-9)7-14-10(15)5-6-11(14)16/h5-8,13-14,18-19,21,39H,4,9-12,15-17H2,1-3H3,(H2,31,33);5-6,8-9H,1-4,7H2. The lowest BCUT2D eigenvalue weighted by Crippen LogP contribution is -2.43. The average molecular weight is 787 g/mol. The van der Waals surface area contributed by atoms with Crippen molar-refractivity contribution in [1.29, 1.82) is 0 Å². The highest BCUT2D eigenvalue weighted by Crippen LogP contribution is 2.46. The van der Waals surface area contributed by atoms with E-state index in [1.54, 1.807) is 13.8 Å². The number of nitrogen functional groups attached to an aromatic ring is 1. The molecule has 56 heavy (non-hydrogen) atoms. The van der Waals surface area contributed by atoms with Crippen LogP contribution in [0.4, 0.5) is 11.5 Å². The Hall–Kier alpha value is -4.75. The van der Waals surface area contributed by atoms with Gasteiger partial charge in [-0.05, 0) is 114 Å². The van der Waals surface area contributed by atoms with Crippen molar-refractivity contribution >= 4 is 74.5 Å². The monoisotopic (exact) mass is 786 g/mol. The smallest absolute Gasteiger partial charge is 0.253 e. The fourth-order valence-electron chi connectivity index (χ4n) is 8.67. The normalized spacial score (nSPS) is 24.7. The number of benzene rings is 1. The molecular formula is C42H51ClN6O7. The second-order valence-corrected chi connectivity index (χ2v) is 16.7. The lowest BCUT2D eigenvalue weighted by molar-refractivity contribution is -0.140. The predicted octanol–water partition coefficient (Wildman–Crippen LogP) is 5.21. The molecule has 1 atom stereocenters. The fraction of sp³-hybridized carbons (Fsp3) is 0.524. The highest BCUT2D eigenvalue weighted by Gasteiger charge is 2.38. The molecule has 2 fully saturated rings. The minimum atomic E-state index is -0.945. The summed E-state index contributed by atoms with van der Waals surface area (Å²) in [6.07, 6.45) is 12.0. The Labute approximate surface area is 332 Å². The van der Waals surface area contributed by atoms with Gasteiger partial charge in [-0.2, -0.15) is 0 Å². The second-order valence-electron chi connectivity index (χ2n) is 16.3. The molecule has 3 aliphatic heterocycles. The molecule has 2 aliphatic carbocycles. The van der Waals surface area contributed by atoms with Gasteiger partial charge in [-0.15, -0.1) is 0 Å². The lowest BCUT2D eigenvalue weighted by atomic mass is 9.80. The zero-order chi connectivity index (χ0) is 40.3. The number of hydrogen-bond donors (Lipinski definition) is 2. The number of fused-ring (bicyclic) bond motifs is 3. The van der Waals surface area contributed by atoms with E-state index in [1.165, 1.54) is 34.1 Å². The van der Waals surface area contributed by atoms with Gasteiger partial charge in [0, 0.05) is 72.8 Å². The molecule has 14 heteroatoms. The number of carbonyl (C=O) groups excluding carboxylic acids is 6. The fourth-order valence-corrected chi connectivity index (χ4v) is 8.89. The Morgan fingerprint density at radius 1 is 0.839 bits per heavy atom. The van der Waals surface area contributed by atoms with Crippen molar-refractivity contribution in [1.82, 2.24) is 19.7 Å². The number of hydrogen-bond acceptors (Lipinski definition) is 10. The van der Waals surface area contributed by atoms with E-state index in [9.17, 15) is 33.9 Å². The van der Waals surface area contributed by atoms with Gasteiger partial charge in [0.2, 0.25) is 11.1 Å². The first-order chi connectivity index (χ1) is 26.6. The van der Waals surface area contributed by atoms with Crippen molar-refractivity contribution < 1.29 is 33.9 Å². The zero-order valence-electron chi connectivity index (χ0n) is 32.3. The van der Waals surface area contributed by atoms with Crippen LogP contribution in [0.1, 0.15) is 90.0 Å². The molecule has 0 radical (unpaired) electrons. The number of halogens is 1. The van der Waals surface area contributed by atoms with Crippen molar-refractivity contribution in [3.63, 3.8) is 0 Å². The van der Waals surface area contributed by atoms with E-state index < -0.39 is 5.60 Å². The Morgan fingerprint density at radius 3 is 1.82 bits per heavy atom. The molecule has 1 aromatic heterocycles. The number of rotatable bonds is 11. The van der Waals surface area contributed by atoms with Gasteiger partial charge < -0.3 is 15.7 Å². The Morgan fingerprint density at radius 2 is 1.34 bits per heavy atom. The maximum atomic E-state index is 13.7. The summed E-state index contributed by atoms with van der Waals surface area (Å²) in [7, 11) is 0. The minimum absolute atomic E-state index is 0.0453. The molecule has 2 aromatic rings. The highest BCUT2D eigenvalue weighted by atomic mass is 35.5. The van der Waals surface area contributed by atoms with Crippen LogP contribution in [-0.4, -0.2) is 97.1 Å². The van der Waals surface area contributed by atoms with Gasteiger partial charge in [0.25, 0.3) is 23.6 Å². The van der Waals surface area contributed by atoms with Gasteiger partial charge >= 0.3 is 0 Å². The number of nitrogens with two attached hydrogens (primary N) is 1. The number of aromatic nitrogens is 1. The SMILES string of the molecule is CCN(CC1=Nc2c(N)nc3ccccc3c2C1CC(C)(C)O)C(=O)C1CCC(CN2C(=O)C=CC2=O)CC1.O=C(Cl)C1CCC(CN2C(=O)C=CC2=O)CC1. The van der Waals surface area contributed by atoms with E-state index in [0.29, 0.717) is 50.0 Å². The van der Waals surface area contributed by atoms with Crippen molar-refractivity contribution in [2.75, 3.05) is 31.9 Å². The maximum Gasteiger partial charge on any atom is 0.253 e. The lowest BCUT2D eigenvalue weighted by Gasteiger charge is -2.33. The van der Waals surface area contributed by atoms with Crippen LogP contribution in [-0.2, 0) is 28.8 Å². The maximum absolute atomic E-state index is 13.7. The molecule has 0 bridgehead atoms. The molecule has 0 saturated heterocycles. The number of para-hydroxylation sites is 1. The van der Waals surface area contributed by atoms with Gasteiger partial charge in [-0.25, -0.2) is 4.98 Å². The Balaban J connectivity index is 0.000000261. The molecule has 1 unspecified atom stereocenters. The molecule has 2 saturated carbocycles. The summed E-state index contributed by atoms with van der Waals surface area (Å²) in [5.41, 5.74) is 8.62. The predicted molar refractivity (Wildman–Crippen MR) is 213 cm³/mol. The largest absolute Gasteiger partial charge is 0.390 e. The minimum Gasteiger partial charge on any atom is -0.390 e. The van der Waals surface area contributed by atoms with Gasteiger partial charge in [0.05, 0.1) is 17.7 Å². The third-order valence-electron chi connectivity index (χ3n) is 11.7. The van der Waals surface area contributed by atoms with E-state index in [4.69, 9.17) is 22.3 Å². The Bertz CT molecular complexity index is 1950. The van der Waals surface area contributed by atoms with Gasteiger partial charge in [0.15, 0.2) is 0 Å². The van der Waals surface area contributed by atoms with E-state index >= 15 is 0 Å². The average Bonchev–Trinajstić information content (AvgIpc) is 3.80.